The third-order valence-electron chi connectivity index (χ3n) is 3.00. The SMILES string of the molecule is CCOCCNC1CC(C(C)C)C1. The van der Waals surface area contributed by atoms with Crippen LogP contribution in [0.15, 0.2) is 0 Å². The van der Waals surface area contributed by atoms with E-state index in [1.165, 1.54) is 12.8 Å². The first-order valence-electron chi connectivity index (χ1n) is 5.55. The molecule has 0 saturated heterocycles. The van der Waals surface area contributed by atoms with E-state index >= 15 is 0 Å². The normalized spacial score (nSPS) is 27.7. The summed E-state index contributed by atoms with van der Waals surface area (Å²) in [4.78, 5) is 0. The molecule has 0 aromatic rings. The van der Waals surface area contributed by atoms with Gasteiger partial charge in [0, 0.05) is 19.2 Å². The lowest BCUT2D eigenvalue weighted by atomic mass is 9.74. The highest BCUT2D eigenvalue weighted by atomic mass is 16.5. The van der Waals surface area contributed by atoms with E-state index in [0.717, 1.165) is 37.6 Å². The van der Waals surface area contributed by atoms with Crippen LogP contribution in [0.5, 0.6) is 0 Å². The van der Waals surface area contributed by atoms with Gasteiger partial charge in [-0.05, 0) is 31.6 Å². The van der Waals surface area contributed by atoms with Gasteiger partial charge in [0.15, 0.2) is 0 Å². The Labute approximate surface area is 82.0 Å². The lowest BCUT2D eigenvalue weighted by molar-refractivity contribution is 0.125. The number of rotatable bonds is 6. The fourth-order valence-electron chi connectivity index (χ4n) is 1.85. The zero-order valence-corrected chi connectivity index (χ0v) is 9.18. The van der Waals surface area contributed by atoms with Crippen LogP contribution in [-0.2, 0) is 4.74 Å². The summed E-state index contributed by atoms with van der Waals surface area (Å²) < 4.78 is 5.26. The van der Waals surface area contributed by atoms with Gasteiger partial charge in [-0.15, -0.1) is 0 Å². The third kappa shape index (κ3) is 3.65. The summed E-state index contributed by atoms with van der Waals surface area (Å²) in [7, 11) is 0. The molecule has 0 aromatic heterocycles. The topological polar surface area (TPSA) is 21.3 Å². The summed E-state index contributed by atoms with van der Waals surface area (Å²) in [6.07, 6.45) is 2.73. The van der Waals surface area contributed by atoms with Crippen LogP contribution in [0.2, 0.25) is 0 Å². The lowest BCUT2D eigenvalue weighted by Crippen LogP contribution is -2.44. The number of ether oxygens (including phenoxy) is 1. The molecule has 0 aliphatic heterocycles. The van der Waals surface area contributed by atoms with Gasteiger partial charge in [0.1, 0.15) is 0 Å². The second kappa shape index (κ2) is 5.61. The Kier molecular flexibility index (Phi) is 4.74. The summed E-state index contributed by atoms with van der Waals surface area (Å²) in [6, 6.07) is 0.771. The molecule has 1 rings (SSSR count). The predicted octanol–water partition coefficient (Wildman–Crippen LogP) is 2.05. The highest BCUT2D eigenvalue weighted by Gasteiger charge is 2.30. The van der Waals surface area contributed by atoms with Gasteiger partial charge in [-0.2, -0.15) is 0 Å². The Morgan fingerprint density at radius 2 is 2.08 bits per heavy atom. The second-order valence-corrected chi connectivity index (χ2v) is 4.32. The van der Waals surface area contributed by atoms with E-state index < -0.39 is 0 Å². The van der Waals surface area contributed by atoms with Crippen molar-refractivity contribution < 1.29 is 4.74 Å². The first kappa shape index (κ1) is 11.0. The molecule has 1 fully saturated rings. The van der Waals surface area contributed by atoms with Gasteiger partial charge in [-0.1, -0.05) is 13.8 Å². The Morgan fingerprint density at radius 3 is 2.62 bits per heavy atom. The maximum Gasteiger partial charge on any atom is 0.0590 e. The highest BCUT2D eigenvalue weighted by Crippen LogP contribution is 2.33. The predicted molar refractivity (Wildman–Crippen MR) is 55.8 cm³/mol. The fraction of sp³-hybridized carbons (Fsp3) is 1.00. The van der Waals surface area contributed by atoms with Crippen LogP contribution in [0.25, 0.3) is 0 Å². The number of hydrogen-bond acceptors (Lipinski definition) is 2. The van der Waals surface area contributed by atoms with E-state index in [1.54, 1.807) is 0 Å². The largest absolute Gasteiger partial charge is 0.380 e. The minimum Gasteiger partial charge on any atom is -0.380 e. The van der Waals surface area contributed by atoms with Crippen molar-refractivity contribution in [2.45, 2.75) is 39.7 Å². The molecule has 0 unspecified atom stereocenters. The Hall–Kier alpha value is -0.0800. The van der Waals surface area contributed by atoms with Gasteiger partial charge in [-0.25, -0.2) is 0 Å². The molecule has 0 spiro atoms. The molecule has 0 bridgehead atoms. The maximum atomic E-state index is 5.26. The van der Waals surface area contributed by atoms with Crippen LogP contribution in [0.3, 0.4) is 0 Å². The van der Waals surface area contributed by atoms with Crippen molar-refractivity contribution in [2.75, 3.05) is 19.8 Å². The molecule has 0 aromatic carbocycles. The van der Waals surface area contributed by atoms with E-state index in [2.05, 4.69) is 19.2 Å². The molecule has 1 aliphatic carbocycles. The number of hydrogen-bond donors (Lipinski definition) is 1. The molecule has 2 nitrogen and oxygen atoms in total. The summed E-state index contributed by atoms with van der Waals surface area (Å²) in [5, 5.41) is 3.51. The highest BCUT2D eigenvalue weighted by molar-refractivity contribution is 4.86. The fourth-order valence-corrected chi connectivity index (χ4v) is 1.85. The molecule has 0 amide bonds. The maximum absolute atomic E-state index is 5.26. The standard InChI is InChI=1S/C11H23NO/c1-4-13-6-5-12-11-7-10(8-11)9(2)3/h9-12H,4-8H2,1-3H3. The van der Waals surface area contributed by atoms with Crippen molar-refractivity contribution in [3.05, 3.63) is 0 Å². The van der Waals surface area contributed by atoms with E-state index in [-0.39, 0.29) is 0 Å². The molecule has 0 heterocycles. The zero-order valence-electron chi connectivity index (χ0n) is 9.18. The lowest BCUT2D eigenvalue weighted by Gasteiger charge is -2.38. The van der Waals surface area contributed by atoms with Gasteiger partial charge in [0.25, 0.3) is 0 Å². The van der Waals surface area contributed by atoms with Crippen molar-refractivity contribution in [1.82, 2.24) is 5.32 Å². The second-order valence-electron chi connectivity index (χ2n) is 4.32. The van der Waals surface area contributed by atoms with Gasteiger partial charge >= 0.3 is 0 Å². The summed E-state index contributed by atoms with van der Waals surface area (Å²) in [5.74, 6) is 1.83. The van der Waals surface area contributed by atoms with Crippen molar-refractivity contribution in [3.63, 3.8) is 0 Å². The number of nitrogens with one attached hydrogen (secondary N) is 1. The Balaban J connectivity index is 1.90. The van der Waals surface area contributed by atoms with Crippen LogP contribution in [-0.4, -0.2) is 25.8 Å². The molecule has 0 atom stereocenters. The van der Waals surface area contributed by atoms with E-state index in [9.17, 15) is 0 Å². The molecule has 1 N–H and O–H groups in total. The Bertz CT molecular complexity index is 130. The zero-order chi connectivity index (χ0) is 9.68. The summed E-state index contributed by atoms with van der Waals surface area (Å²) in [5.41, 5.74) is 0. The first-order chi connectivity index (χ1) is 6.24. The molecular weight excluding hydrogens is 162 g/mol. The van der Waals surface area contributed by atoms with Gasteiger partial charge in [-0.3, -0.25) is 0 Å². The van der Waals surface area contributed by atoms with Gasteiger partial charge in [0.05, 0.1) is 6.61 Å². The molecule has 1 aliphatic rings. The average molecular weight is 185 g/mol. The van der Waals surface area contributed by atoms with Crippen LogP contribution in [0.4, 0.5) is 0 Å². The third-order valence-corrected chi connectivity index (χ3v) is 3.00. The minimum absolute atomic E-state index is 0.771. The molecule has 2 heteroatoms. The van der Waals surface area contributed by atoms with E-state index in [0.29, 0.717) is 0 Å². The van der Waals surface area contributed by atoms with Crippen molar-refractivity contribution >= 4 is 0 Å². The van der Waals surface area contributed by atoms with Crippen LogP contribution in [0.1, 0.15) is 33.6 Å². The van der Waals surface area contributed by atoms with Crippen LogP contribution >= 0.6 is 0 Å². The quantitative estimate of drug-likeness (QED) is 0.639. The van der Waals surface area contributed by atoms with Crippen molar-refractivity contribution in [3.8, 4) is 0 Å². The van der Waals surface area contributed by atoms with Crippen LogP contribution < -0.4 is 5.32 Å². The summed E-state index contributed by atoms with van der Waals surface area (Å²) in [6.45, 7) is 9.39. The van der Waals surface area contributed by atoms with Crippen molar-refractivity contribution in [2.24, 2.45) is 11.8 Å². The smallest absolute Gasteiger partial charge is 0.0590 e. The average Bonchev–Trinajstić information content (AvgIpc) is 2.00. The monoisotopic (exact) mass is 185 g/mol. The van der Waals surface area contributed by atoms with Crippen molar-refractivity contribution in [1.29, 1.82) is 0 Å². The minimum atomic E-state index is 0.771. The Morgan fingerprint density at radius 1 is 1.38 bits per heavy atom. The molecule has 78 valence electrons. The van der Waals surface area contributed by atoms with Crippen LogP contribution in [0, 0.1) is 11.8 Å². The van der Waals surface area contributed by atoms with E-state index in [1.807, 2.05) is 6.92 Å². The molecule has 13 heavy (non-hydrogen) atoms. The van der Waals surface area contributed by atoms with Gasteiger partial charge < -0.3 is 10.1 Å². The molecule has 0 radical (unpaired) electrons. The molecule has 1 saturated carbocycles. The first-order valence-corrected chi connectivity index (χ1v) is 5.55. The van der Waals surface area contributed by atoms with E-state index in [4.69, 9.17) is 4.74 Å². The van der Waals surface area contributed by atoms with Gasteiger partial charge in [0.2, 0.25) is 0 Å². The summed E-state index contributed by atoms with van der Waals surface area (Å²) >= 11 is 0. The molecular formula is C11H23NO.